The van der Waals surface area contributed by atoms with E-state index in [1.807, 2.05) is 29.8 Å². The van der Waals surface area contributed by atoms with Gasteiger partial charge in [-0.1, -0.05) is 6.92 Å². The largest absolute Gasteiger partial charge is 0.348 e. The molecule has 0 bridgehead atoms. The van der Waals surface area contributed by atoms with Crippen LogP contribution in [0.4, 0.5) is 0 Å². The van der Waals surface area contributed by atoms with Gasteiger partial charge in [-0.25, -0.2) is 15.0 Å². The normalized spacial score (nSPS) is 12.5. The van der Waals surface area contributed by atoms with Gasteiger partial charge in [0.2, 0.25) is 11.7 Å². The highest BCUT2D eigenvalue weighted by molar-refractivity contribution is 5.78. The average Bonchev–Trinajstić information content (AvgIpc) is 3.28. The van der Waals surface area contributed by atoms with E-state index >= 15 is 0 Å². The number of carbonyl (C=O) groups excluding carboxylic acids is 1. The summed E-state index contributed by atoms with van der Waals surface area (Å²) in [7, 11) is 0. The van der Waals surface area contributed by atoms with Crippen molar-refractivity contribution in [1.29, 1.82) is 0 Å². The lowest BCUT2D eigenvalue weighted by Crippen LogP contribution is -2.28. The molecule has 3 heterocycles. The van der Waals surface area contributed by atoms with E-state index in [1.165, 1.54) is 11.1 Å². The van der Waals surface area contributed by atoms with Crippen LogP contribution in [0.5, 0.6) is 0 Å². The zero-order valence-electron chi connectivity index (χ0n) is 16.4. The number of aryl methyl sites for hydroxylation is 3. The van der Waals surface area contributed by atoms with Crippen molar-refractivity contribution in [3.8, 4) is 0 Å². The fourth-order valence-electron chi connectivity index (χ4n) is 3.34. The van der Waals surface area contributed by atoms with Gasteiger partial charge in [-0.3, -0.25) is 9.20 Å². The van der Waals surface area contributed by atoms with E-state index in [1.54, 1.807) is 6.20 Å². The van der Waals surface area contributed by atoms with Crippen LogP contribution in [-0.2, 0) is 11.2 Å². The summed E-state index contributed by atoms with van der Waals surface area (Å²) in [6.45, 7) is 6.20. The van der Waals surface area contributed by atoms with Crippen molar-refractivity contribution in [2.45, 2.75) is 46.1 Å². The maximum atomic E-state index is 12.5. The van der Waals surface area contributed by atoms with Crippen LogP contribution < -0.4 is 5.32 Å². The summed E-state index contributed by atoms with van der Waals surface area (Å²) in [5, 5.41) is 3.08. The van der Waals surface area contributed by atoms with Crippen LogP contribution in [0, 0.1) is 13.8 Å². The van der Waals surface area contributed by atoms with Gasteiger partial charge in [0.25, 0.3) is 0 Å². The molecule has 0 aliphatic rings. The van der Waals surface area contributed by atoms with Crippen molar-refractivity contribution in [3.05, 3.63) is 59.4 Å². The van der Waals surface area contributed by atoms with Crippen LogP contribution in [0.3, 0.4) is 0 Å². The minimum absolute atomic E-state index is 0.00955. The van der Waals surface area contributed by atoms with Crippen molar-refractivity contribution in [1.82, 2.24) is 29.7 Å². The second-order valence-electron chi connectivity index (χ2n) is 7.16. The lowest BCUT2D eigenvalue weighted by atomic mass is 10.1. The number of hydrogen-bond acceptors (Lipinski definition) is 4. The molecule has 7 nitrogen and oxygen atoms in total. The number of benzene rings is 1. The van der Waals surface area contributed by atoms with E-state index in [2.05, 4.69) is 51.2 Å². The SMILES string of the molecule is CC[C@@H](NC(=O)CCc1nc2cc(C)c(C)cc2[nH]1)c1cn2cccnc2n1. The van der Waals surface area contributed by atoms with Gasteiger partial charge in [0.05, 0.1) is 22.8 Å². The molecule has 144 valence electrons. The Morgan fingerprint density at radius 2 is 2.07 bits per heavy atom. The number of amides is 1. The van der Waals surface area contributed by atoms with Crippen LogP contribution >= 0.6 is 0 Å². The molecule has 0 aliphatic carbocycles. The topological polar surface area (TPSA) is 88.0 Å². The minimum Gasteiger partial charge on any atom is -0.348 e. The van der Waals surface area contributed by atoms with Gasteiger partial charge in [-0.05, 0) is 49.6 Å². The second-order valence-corrected chi connectivity index (χ2v) is 7.16. The first kappa shape index (κ1) is 18.2. The lowest BCUT2D eigenvalue weighted by Gasteiger charge is -2.14. The van der Waals surface area contributed by atoms with Crippen LogP contribution in [0.1, 0.15) is 48.5 Å². The van der Waals surface area contributed by atoms with Gasteiger partial charge < -0.3 is 10.3 Å². The first-order valence-corrected chi connectivity index (χ1v) is 9.58. The maximum Gasteiger partial charge on any atom is 0.233 e. The molecule has 0 spiro atoms. The Bertz CT molecular complexity index is 1070. The minimum atomic E-state index is -0.129. The third-order valence-corrected chi connectivity index (χ3v) is 5.09. The summed E-state index contributed by atoms with van der Waals surface area (Å²) in [6, 6.07) is 5.91. The number of nitrogens with zero attached hydrogens (tertiary/aromatic N) is 4. The number of rotatable bonds is 6. The molecule has 4 rings (SSSR count). The molecule has 0 aliphatic heterocycles. The fourth-order valence-corrected chi connectivity index (χ4v) is 3.34. The van der Waals surface area contributed by atoms with Crippen molar-refractivity contribution < 1.29 is 4.79 Å². The van der Waals surface area contributed by atoms with Gasteiger partial charge in [-0.15, -0.1) is 0 Å². The molecule has 2 N–H and O–H groups in total. The average molecular weight is 376 g/mol. The lowest BCUT2D eigenvalue weighted by molar-refractivity contribution is -0.121. The van der Waals surface area contributed by atoms with E-state index in [0.717, 1.165) is 29.0 Å². The molecule has 3 aromatic heterocycles. The van der Waals surface area contributed by atoms with Gasteiger partial charge in [-0.2, -0.15) is 0 Å². The zero-order valence-corrected chi connectivity index (χ0v) is 16.4. The summed E-state index contributed by atoms with van der Waals surface area (Å²) in [5.41, 5.74) is 5.23. The summed E-state index contributed by atoms with van der Waals surface area (Å²) in [4.78, 5) is 29.2. The monoisotopic (exact) mass is 376 g/mol. The molecule has 0 saturated carbocycles. The van der Waals surface area contributed by atoms with Crippen molar-refractivity contribution >= 4 is 22.7 Å². The maximum absolute atomic E-state index is 12.5. The standard InChI is InChI=1S/C21H24N6O/c1-4-15(18-12-27-9-5-8-22-21(27)26-18)25-20(28)7-6-19-23-16-10-13(2)14(3)11-17(16)24-19/h5,8-12,15H,4,6-7H2,1-3H3,(H,23,24)(H,25,28)/t15-/m1/s1. The van der Waals surface area contributed by atoms with Gasteiger partial charge in [0.15, 0.2) is 0 Å². The van der Waals surface area contributed by atoms with Crippen molar-refractivity contribution in [3.63, 3.8) is 0 Å². The number of carbonyl (C=O) groups is 1. The first-order chi connectivity index (χ1) is 13.5. The Morgan fingerprint density at radius 3 is 2.86 bits per heavy atom. The number of fused-ring (bicyclic) bond motifs is 2. The van der Waals surface area contributed by atoms with Crippen LogP contribution in [0.25, 0.3) is 16.8 Å². The molecule has 0 fully saturated rings. The Hall–Kier alpha value is -3.22. The van der Waals surface area contributed by atoms with Crippen LogP contribution in [0.2, 0.25) is 0 Å². The Morgan fingerprint density at radius 1 is 1.25 bits per heavy atom. The first-order valence-electron chi connectivity index (χ1n) is 9.58. The third-order valence-electron chi connectivity index (χ3n) is 5.09. The highest BCUT2D eigenvalue weighted by Crippen LogP contribution is 2.19. The van der Waals surface area contributed by atoms with E-state index in [4.69, 9.17) is 0 Å². The molecule has 28 heavy (non-hydrogen) atoms. The number of nitrogens with one attached hydrogen (secondary N) is 2. The van der Waals surface area contributed by atoms with Crippen LogP contribution in [-0.4, -0.2) is 30.2 Å². The molecule has 0 radical (unpaired) electrons. The summed E-state index contributed by atoms with van der Waals surface area (Å²) in [6.07, 6.45) is 7.24. The van der Waals surface area contributed by atoms with E-state index in [9.17, 15) is 4.79 Å². The summed E-state index contributed by atoms with van der Waals surface area (Å²) < 4.78 is 1.86. The van der Waals surface area contributed by atoms with E-state index in [-0.39, 0.29) is 11.9 Å². The fraction of sp³-hybridized carbons (Fsp3) is 0.333. The predicted molar refractivity (Wildman–Crippen MR) is 108 cm³/mol. The van der Waals surface area contributed by atoms with Gasteiger partial charge in [0.1, 0.15) is 5.82 Å². The third kappa shape index (κ3) is 3.60. The highest BCUT2D eigenvalue weighted by atomic mass is 16.1. The number of aromatic amines is 1. The summed E-state index contributed by atoms with van der Waals surface area (Å²) in [5.74, 6) is 1.46. The molecule has 7 heteroatoms. The number of hydrogen-bond donors (Lipinski definition) is 2. The molecule has 0 saturated heterocycles. The Balaban J connectivity index is 1.41. The molecule has 0 unspecified atom stereocenters. The van der Waals surface area contributed by atoms with E-state index in [0.29, 0.717) is 18.6 Å². The molecule has 1 atom stereocenters. The number of H-pyrrole nitrogens is 1. The Labute approximate surface area is 163 Å². The number of imidazole rings is 2. The van der Waals surface area contributed by atoms with Gasteiger partial charge in [0, 0.05) is 31.4 Å². The van der Waals surface area contributed by atoms with Crippen LogP contribution in [0.15, 0.2) is 36.8 Å². The molecule has 1 aromatic carbocycles. The van der Waals surface area contributed by atoms with Gasteiger partial charge >= 0.3 is 0 Å². The number of aromatic nitrogens is 5. The summed E-state index contributed by atoms with van der Waals surface area (Å²) >= 11 is 0. The smallest absolute Gasteiger partial charge is 0.233 e. The highest BCUT2D eigenvalue weighted by Gasteiger charge is 2.17. The quantitative estimate of drug-likeness (QED) is 0.540. The molecule has 4 aromatic rings. The molecular weight excluding hydrogens is 352 g/mol. The predicted octanol–water partition coefficient (Wildman–Crippen LogP) is 3.42. The zero-order chi connectivity index (χ0) is 19.7. The van der Waals surface area contributed by atoms with Crippen molar-refractivity contribution in [2.75, 3.05) is 0 Å². The molecular formula is C21H24N6O. The molecule has 1 amide bonds. The Kier molecular flexibility index (Phi) is 4.81. The van der Waals surface area contributed by atoms with Crippen molar-refractivity contribution in [2.24, 2.45) is 0 Å². The van der Waals surface area contributed by atoms with E-state index < -0.39 is 0 Å². The second kappa shape index (κ2) is 7.42.